The van der Waals surface area contributed by atoms with Crippen molar-refractivity contribution < 1.29 is 9.13 Å². The van der Waals surface area contributed by atoms with Crippen molar-refractivity contribution in [1.29, 1.82) is 0 Å². The molecule has 2 aromatic rings. The number of halogens is 4. The fraction of sp³-hybridized carbons (Fsp3) is 0. The fourth-order valence-electron chi connectivity index (χ4n) is 1.31. The molecule has 0 fully saturated rings. The van der Waals surface area contributed by atoms with E-state index in [2.05, 4.69) is 0 Å². The summed E-state index contributed by atoms with van der Waals surface area (Å²) in [6.45, 7) is 0. The molecule has 18 heavy (non-hydrogen) atoms. The topological polar surface area (TPSA) is 35.2 Å². The van der Waals surface area contributed by atoms with E-state index in [0.717, 1.165) is 6.07 Å². The summed E-state index contributed by atoms with van der Waals surface area (Å²) < 4.78 is 18.7. The molecular formula is C12H7Cl3FNO. The van der Waals surface area contributed by atoms with Crippen molar-refractivity contribution in [1.82, 2.24) is 0 Å². The van der Waals surface area contributed by atoms with Crippen LogP contribution in [0.15, 0.2) is 30.3 Å². The first kappa shape index (κ1) is 13.3. The Morgan fingerprint density at radius 3 is 2.39 bits per heavy atom. The van der Waals surface area contributed by atoms with Crippen molar-refractivity contribution in [2.45, 2.75) is 0 Å². The van der Waals surface area contributed by atoms with E-state index in [4.69, 9.17) is 45.3 Å². The molecule has 0 bridgehead atoms. The minimum atomic E-state index is -0.626. The Labute approximate surface area is 118 Å². The molecule has 2 N–H and O–H groups in total. The lowest BCUT2D eigenvalue weighted by Crippen LogP contribution is -1.94. The van der Waals surface area contributed by atoms with Gasteiger partial charge in [-0.25, -0.2) is 4.39 Å². The largest absolute Gasteiger partial charge is 0.453 e. The zero-order valence-corrected chi connectivity index (χ0v) is 11.2. The fourth-order valence-corrected chi connectivity index (χ4v) is 1.80. The molecule has 2 nitrogen and oxygen atoms in total. The number of benzene rings is 2. The molecule has 2 rings (SSSR count). The first-order valence-corrected chi connectivity index (χ1v) is 5.98. The highest BCUT2D eigenvalue weighted by molar-refractivity contribution is 6.34. The second-order valence-electron chi connectivity index (χ2n) is 3.48. The van der Waals surface area contributed by atoms with Gasteiger partial charge in [0, 0.05) is 17.2 Å². The SMILES string of the molecule is Nc1cc(Cl)c(F)cc1Oc1cc(Cl)ccc1Cl. The first-order chi connectivity index (χ1) is 8.47. The van der Waals surface area contributed by atoms with E-state index in [1.807, 2.05) is 0 Å². The van der Waals surface area contributed by atoms with Gasteiger partial charge in [-0.2, -0.15) is 0 Å². The van der Waals surface area contributed by atoms with E-state index < -0.39 is 5.82 Å². The maximum absolute atomic E-state index is 13.3. The van der Waals surface area contributed by atoms with E-state index in [1.54, 1.807) is 12.1 Å². The molecular weight excluding hydrogens is 299 g/mol. The highest BCUT2D eigenvalue weighted by atomic mass is 35.5. The number of anilines is 1. The molecule has 94 valence electrons. The molecule has 0 saturated carbocycles. The third-order valence-electron chi connectivity index (χ3n) is 2.17. The lowest BCUT2D eigenvalue weighted by atomic mass is 10.3. The van der Waals surface area contributed by atoms with Crippen LogP contribution in [0.5, 0.6) is 11.5 Å². The summed E-state index contributed by atoms with van der Waals surface area (Å²) in [4.78, 5) is 0. The average molecular weight is 307 g/mol. The van der Waals surface area contributed by atoms with Gasteiger partial charge < -0.3 is 10.5 Å². The van der Waals surface area contributed by atoms with Crippen molar-refractivity contribution in [3.8, 4) is 11.5 Å². The van der Waals surface area contributed by atoms with Gasteiger partial charge in [-0.05, 0) is 18.2 Å². The van der Waals surface area contributed by atoms with Crippen LogP contribution in [0.25, 0.3) is 0 Å². The third-order valence-corrected chi connectivity index (χ3v) is 3.00. The van der Waals surface area contributed by atoms with E-state index in [0.29, 0.717) is 10.0 Å². The molecule has 0 aliphatic rings. The summed E-state index contributed by atoms with van der Waals surface area (Å²) in [6.07, 6.45) is 0. The first-order valence-electron chi connectivity index (χ1n) is 4.85. The Kier molecular flexibility index (Phi) is 3.85. The molecule has 0 aliphatic carbocycles. The van der Waals surface area contributed by atoms with Crippen LogP contribution < -0.4 is 10.5 Å². The molecule has 0 amide bonds. The van der Waals surface area contributed by atoms with E-state index in [-0.39, 0.29) is 22.2 Å². The minimum absolute atomic E-state index is 0.0722. The smallest absolute Gasteiger partial charge is 0.153 e. The van der Waals surface area contributed by atoms with Gasteiger partial charge in [-0.3, -0.25) is 0 Å². The summed E-state index contributed by atoms with van der Waals surface area (Å²) in [7, 11) is 0. The van der Waals surface area contributed by atoms with Crippen LogP contribution >= 0.6 is 34.8 Å². The third kappa shape index (κ3) is 2.80. The summed E-state index contributed by atoms with van der Waals surface area (Å²) >= 11 is 17.3. The number of hydrogen-bond acceptors (Lipinski definition) is 2. The molecule has 0 spiro atoms. The molecule has 6 heteroatoms. The van der Waals surface area contributed by atoms with Crippen LogP contribution in [0.2, 0.25) is 15.1 Å². The highest BCUT2D eigenvalue weighted by Crippen LogP contribution is 2.36. The van der Waals surface area contributed by atoms with Crippen molar-refractivity contribution in [2.24, 2.45) is 0 Å². The molecule has 0 heterocycles. The van der Waals surface area contributed by atoms with Crippen LogP contribution in [0.4, 0.5) is 10.1 Å². The van der Waals surface area contributed by atoms with Gasteiger partial charge >= 0.3 is 0 Å². The zero-order valence-electron chi connectivity index (χ0n) is 8.88. The molecule has 0 saturated heterocycles. The average Bonchev–Trinajstić information content (AvgIpc) is 2.30. The molecule has 2 aromatic carbocycles. The quantitative estimate of drug-likeness (QED) is 0.778. The Morgan fingerprint density at radius 1 is 0.944 bits per heavy atom. The minimum Gasteiger partial charge on any atom is -0.453 e. The highest BCUT2D eigenvalue weighted by Gasteiger charge is 2.10. The lowest BCUT2D eigenvalue weighted by Gasteiger charge is -2.10. The van der Waals surface area contributed by atoms with Gasteiger partial charge in [0.15, 0.2) is 5.75 Å². The number of ether oxygens (including phenoxy) is 1. The summed E-state index contributed by atoms with van der Waals surface area (Å²) in [5.74, 6) is -0.210. The predicted octanol–water partition coefficient (Wildman–Crippen LogP) is 5.16. The van der Waals surface area contributed by atoms with Crippen molar-refractivity contribution >= 4 is 40.5 Å². The summed E-state index contributed by atoms with van der Waals surface area (Å²) in [5, 5.41) is 0.716. The normalized spacial score (nSPS) is 10.4. The van der Waals surface area contributed by atoms with Crippen LogP contribution in [0.1, 0.15) is 0 Å². The summed E-state index contributed by atoms with van der Waals surface area (Å²) in [5.41, 5.74) is 5.88. The molecule has 0 aromatic heterocycles. The molecule has 0 radical (unpaired) electrons. The van der Waals surface area contributed by atoms with Gasteiger partial charge in [0.25, 0.3) is 0 Å². The number of nitrogen functional groups attached to an aromatic ring is 1. The van der Waals surface area contributed by atoms with Gasteiger partial charge in [-0.15, -0.1) is 0 Å². The Hall–Kier alpha value is -1.16. The maximum atomic E-state index is 13.3. The molecule has 0 aliphatic heterocycles. The zero-order chi connectivity index (χ0) is 13.3. The molecule has 0 atom stereocenters. The van der Waals surface area contributed by atoms with Crippen LogP contribution in [-0.4, -0.2) is 0 Å². The second kappa shape index (κ2) is 5.22. The van der Waals surface area contributed by atoms with Crippen molar-refractivity contribution in [3.05, 3.63) is 51.2 Å². The molecule has 0 unspecified atom stereocenters. The van der Waals surface area contributed by atoms with Gasteiger partial charge in [0.05, 0.1) is 15.7 Å². The van der Waals surface area contributed by atoms with Gasteiger partial charge in [0.2, 0.25) is 0 Å². The van der Waals surface area contributed by atoms with E-state index >= 15 is 0 Å². The van der Waals surface area contributed by atoms with Crippen molar-refractivity contribution in [3.63, 3.8) is 0 Å². The number of hydrogen-bond donors (Lipinski definition) is 1. The Balaban J connectivity index is 2.40. The Morgan fingerprint density at radius 2 is 1.67 bits per heavy atom. The van der Waals surface area contributed by atoms with E-state index in [1.165, 1.54) is 12.1 Å². The van der Waals surface area contributed by atoms with E-state index in [9.17, 15) is 4.39 Å². The number of rotatable bonds is 2. The second-order valence-corrected chi connectivity index (χ2v) is 4.73. The predicted molar refractivity (Wildman–Crippen MR) is 72.4 cm³/mol. The Bertz CT molecular complexity index is 604. The van der Waals surface area contributed by atoms with Gasteiger partial charge in [-0.1, -0.05) is 34.8 Å². The maximum Gasteiger partial charge on any atom is 0.153 e. The summed E-state index contributed by atoms with van der Waals surface area (Å²) in [6, 6.07) is 7.06. The van der Waals surface area contributed by atoms with Crippen LogP contribution in [0, 0.1) is 5.82 Å². The van der Waals surface area contributed by atoms with Crippen molar-refractivity contribution in [2.75, 3.05) is 5.73 Å². The van der Waals surface area contributed by atoms with Crippen LogP contribution in [-0.2, 0) is 0 Å². The monoisotopic (exact) mass is 305 g/mol. The lowest BCUT2D eigenvalue weighted by molar-refractivity contribution is 0.479. The number of nitrogens with two attached hydrogens (primary N) is 1. The van der Waals surface area contributed by atoms with Gasteiger partial charge in [0.1, 0.15) is 11.6 Å². The van der Waals surface area contributed by atoms with Crippen LogP contribution in [0.3, 0.4) is 0 Å². The standard InChI is InChI=1S/C12H7Cl3FNO/c13-6-1-2-7(14)11(3-6)18-12-5-9(16)8(15)4-10(12)17/h1-5H,17H2.